The number of hydrogen-bond acceptors (Lipinski definition) is 3. The number of carboxylic acids is 1. The van der Waals surface area contributed by atoms with Crippen molar-refractivity contribution in [1.82, 2.24) is 9.55 Å². The fourth-order valence-electron chi connectivity index (χ4n) is 1.23. The van der Waals surface area contributed by atoms with Crippen molar-refractivity contribution in [2.24, 2.45) is 5.92 Å². The van der Waals surface area contributed by atoms with Crippen molar-refractivity contribution in [3.63, 3.8) is 0 Å². The summed E-state index contributed by atoms with van der Waals surface area (Å²) in [5.74, 6) is -0.641. The van der Waals surface area contributed by atoms with E-state index < -0.39 is 5.97 Å². The number of ether oxygens (including phenoxy) is 1. The Morgan fingerprint density at radius 1 is 1.71 bits per heavy atom. The summed E-state index contributed by atoms with van der Waals surface area (Å²) < 4.78 is 6.53. The number of rotatable bonds is 4. The van der Waals surface area contributed by atoms with Gasteiger partial charge in [0.05, 0.1) is 13.3 Å². The fourth-order valence-corrected chi connectivity index (χ4v) is 1.23. The molecule has 0 aliphatic rings. The number of nitrogens with zero attached hydrogens (tertiary/aromatic N) is 2. The number of methoxy groups -OCH3 is 1. The first-order valence-corrected chi connectivity index (χ1v) is 4.39. The van der Waals surface area contributed by atoms with E-state index in [9.17, 15) is 4.79 Å². The number of aromatic nitrogens is 2. The van der Waals surface area contributed by atoms with Crippen molar-refractivity contribution < 1.29 is 14.6 Å². The fraction of sp³-hybridized carbons (Fsp3) is 0.556. The van der Waals surface area contributed by atoms with E-state index in [1.807, 2.05) is 13.8 Å². The zero-order valence-electron chi connectivity index (χ0n) is 8.52. The predicted octanol–water partition coefficient (Wildman–Crippen LogP) is 1.25. The molecule has 0 aliphatic heterocycles. The summed E-state index contributed by atoms with van der Waals surface area (Å²) in [5.41, 5.74) is 0.163. The second-order valence-electron chi connectivity index (χ2n) is 3.44. The zero-order chi connectivity index (χ0) is 10.7. The normalized spacial score (nSPS) is 10.6. The number of aromatic carboxylic acids is 1. The van der Waals surface area contributed by atoms with Crippen molar-refractivity contribution in [3.05, 3.63) is 11.9 Å². The third-order valence-corrected chi connectivity index (χ3v) is 1.77. The van der Waals surface area contributed by atoms with Gasteiger partial charge in [-0.15, -0.1) is 0 Å². The topological polar surface area (TPSA) is 64.3 Å². The Morgan fingerprint density at radius 3 is 2.79 bits per heavy atom. The number of carboxylic acid groups (broad SMARTS) is 1. The van der Waals surface area contributed by atoms with Gasteiger partial charge in [-0.2, -0.15) is 0 Å². The summed E-state index contributed by atoms with van der Waals surface area (Å²) in [6.07, 6.45) is 1.31. The number of hydrogen-bond donors (Lipinski definition) is 1. The molecule has 1 rings (SSSR count). The van der Waals surface area contributed by atoms with Crippen LogP contribution in [-0.2, 0) is 6.54 Å². The maximum atomic E-state index is 10.8. The van der Waals surface area contributed by atoms with Crippen LogP contribution in [0.2, 0.25) is 0 Å². The van der Waals surface area contributed by atoms with E-state index in [1.54, 1.807) is 4.57 Å². The molecule has 1 N–H and O–H groups in total. The Balaban J connectivity index is 3.06. The molecule has 0 radical (unpaired) electrons. The zero-order valence-corrected chi connectivity index (χ0v) is 8.52. The van der Waals surface area contributed by atoms with Crippen LogP contribution in [0.5, 0.6) is 6.01 Å². The molecule has 0 aromatic carbocycles. The molecule has 0 amide bonds. The van der Waals surface area contributed by atoms with E-state index in [0.717, 1.165) is 0 Å². The van der Waals surface area contributed by atoms with Gasteiger partial charge in [-0.3, -0.25) is 4.57 Å². The lowest BCUT2D eigenvalue weighted by Gasteiger charge is -2.10. The molecular weight excluding hydrogens is 184 g/mol. The summed E-state index contributed by atoms with van der Waals surface area (Å²) >= 11 is 0. The van der Waals surface area contributed by atoms with Crippen molar-refractivity contribution >= 4 is 5.97 Å². The Morgan fingerprint density at radius 2 is 2.36 bits per heavy atom. The van der Waals surface area contributed by atoms with Crippen LogP contribution in [-0.4, -0.2) is 27.7 Å². The van der Waals surface area contributed by atoms with Crippen LogP contribution in [0.3, 0.4) is 0 Å². The first kappa shape index (κ1) is 10.6. The second-order valence-corrected chi connectivity index (χ2v) is 3.44. The van der Waals surface area contributed by atoms with E-state index in [-0.39, 0.29) is 5.69 Å². The van der Waals surface area contributed by atoms with Crippen LogP contribution >= 0.6 is 0 Å². The molecule has 0 spiro atoms. The molecule has 0 saturated heterocycles. The monoisotopic (exact) mass is 198 g/mol. The lowest BCUT2D eigenvalue weighted by atomic mass is 10.2. The highest BCUT2D eigenvalue weighted by Gasteiger charge is 2.16. The molecule has 1 aromatic heterocycles. The molecule has 1 heterocycles. The van der Waals surface area contributed by atoms with Gasteiger partial charge >= 0.3 is 5.97 Å². The molecular formula is C9H14N2O3. The smallest absolute Gasteiger partial charge is 0.354 e. The van der Waals surface area contributed by atoms with Crippen LogP contribution in [0.25, 0.3) is 0 Å². The van der Waals surface area contributed by atoms with Gasteiger partial charge in [-0.25, -0.2) is 9.78 Å². The van der Waals surface area contributed by atoms with Gasteiger partial charge in [0.25, 0.3) is 6.01 Å². The number of imidazole rings is 1. The summed E-state index contributed by atoms with van der Waals surface area (Å²) in [6, 6.07) is 0.344. The molecule has 14 heavy (non-hydrogen) atoms. The maximum Gasteiger partial charge on any atom is 0.354 e. The molecule has 5 heteroatoms. The quantitative estimate of drug-likeness (QED) is 0.790. The molecule has 0 bridgehead atoms. The highest BCUT2D eigenvalue weighted by molar-refractivity contribution is 5.85. The largest absolute Gasteiger partial charge is 0.477 e. The minimum absolute atomic E-state index is 0.163. The lowest BCUT2D eigenvalue weighted by molar-refractivity contribution is 0.0683. The van der Waals surface area contributed by atoms with Crippen molar-refractivity contribution in [2.45, 2.75) is 20.4 Å². The van der Waals surface area contributed by atoms with Crippen LogP contribution in [0.1, 0.15) is 24.3 Å². The standard InChI is InChI=1S/C9H14N2O3/c1-6(2)5-11-7(8(12)13)4-10-9(11)14-3/h4,6H,5H2,1-3H3,(H,12,13). The Hall–Kier alpha value is -1.52. The molecule has 0 fully saturated rings. The molecule has 0 atom stereocenters. The second kappa shape index (κ2) is 4.13. The summed E-state index contributed by atoms with van der Waals surface area (Å²) in [5, 5.41) is 8.87. The minimum atomic E-state index is -0.985. The van der Waals surface area contributed by atoms with E-state index >= 15 is 0 Å². The van der Waals surface area contributed by atoms with Crippen molar-refractivity contribution in [1.29, 1.82) is 0 Å². The third kappa shape index (κ3) is 2.04. The molecule has 0 saturated carbocycles. The summed E-state index contributed by atoms with van der Waals surface area (Å²) in [7, 11) is 1.48. The highest BCUT2D eigenvalue weighted by Crippen LogP contribution is 2.15. The van der Waals surface area contributed by atoms with E-state index in [1.165, 1.54) is 13.3 Å². The van der Waals surface area contributed by atoms with Crippen LogP contribution in [0, 0.1) is 5.92 Å². The first-order chi connectivity index (χ1) is 6.56. The van der Waals surface area contributed by atoms with Crippen molar-refractivity contribution in [2.75, 3.05) is 7.11 Å². The Labute approximate surface area is 82.3 Å². The van der Waals surface area contributed by atoms with Gasteiger partial charge in [0.1, 0.15) is 5.69 Å². The van der Waals surface area contributed by atoms with Crippen LogP contribution in [0.4, 0.5) is 0 Å². The van der Waals surface area contributed by atoms with E-state index in [4.69, 9.17) is 9.84 Å². The van der Waals surface area contributed by atoms with Gasteiger partial charge < -0.3 is 9.84 Å². The third-order valence-electron chi connectivity index (χ3n) is 1.77. The highest BCUT2D eigenvalue weighted by atomic mass is 16.5. The Bertz CT molecular complexity index is 331. The van der Waals surface area contributed by atoms with Gasteiger partial charge in [-0.1, -0.05) is 13.8 Å². The molecule has 5 nitrogen and oxygen atoms in total. The summed E-state index contributed by atoms with van der Waals surface area (Å²) in [4.78, 5) is 14.7. The molecule has 0 aliphatic carbocycles. The predicted molar refractivity (Wildman–Crippen MR) is 50.6 cm³/mol. The van der Waals surface area contributed by atoms with Crippen molar-refractivity contribution in [3.8, 4) is 6.01 Å². The summed E-state index contributed by atoms with van der Waals surface area (Å²) in [6.45, 7) is 4.60. The average Bonchev–Trinajstić information content (AvgIpc) is 2.46. The van der Waals surface area contributed by atoms with Gasteiger partial charge in [0.2, 0.25) is 0 Å². The van der Waals surface area contributed by atoms with Gasteiger partial charge in [0, 0.05) is 6.54 Å². The SMILES string of the molecule is COc1ncc(C(=O)O)n1CC(C)C. The van der Waals surface area contributed by atoms with E-state index in [0.29, 0.717) is 18.5 Å². The average molecular weight is 198 g/mol. The lowest BCUT2D eigenvalue weighted by Crippen LogP contribution is -2.13. The minimum Gasteiger partial charge on any atom is -0.477 e. The first-order valence-electron chi connectivity index (χ1n) is 4.39. The number of carbonyl (C=O) groups is 1. The maximum absolute atomic E-state index is 10.8. The van der Waals surface area contributed by atoms with Gasteiger partial charge in [0.15, 0.2) is 0 Å². The molecule has 78 valence electrons. The molecule has 1 aromatic rings. The molecule has 0 unspecified atom stereocenters. The van der Waals surface area contributed by atoms with Crippen LogP contribution < -0.4 is 4.74 Å². The van der Waals surface area contributed by atoms with E-state index in [2.05, 4.69) is 4.98 Å². The van der Waals surface area contributed by atoms with Gasteiger partial charge in [-0.05, 0) is 5.92 Å². The van der Waals surface area contributed by atoms with Crippen LogP contribution in [0.15, 0.2) is 6.20 Å². The Kier molecular flexibility index (Phi) is 3.11.